The van der Waals surface area contributed by atoms with Gasteiger partial charge in [-0.1, -0.05) is 37.3 Å². The van der Waals surface area contributed by atoms with Crippen LogP contribution in [0.4, 0.5) is 0 Å². The molecule has 1 aromatic heterocycles. The monoisotopic (exact) mass is 278 g/mol. The summed E-state index contributed by atoms with van der Waals surface area (Å²) in [5.41, 5.74) is 5.46. The Kier molecular flexibility index (Phi) is 4.37. The highest BCUT2D eigenvalue weighted by Crippen LogP contribution is 2.14. The Morgan fingerprint density at radius 2 is 1.86 bits per heavy atom. The van der Waals surface area contributed by atoms with Gasteiger partial charge >= 0.3 is 0 Å². The van der Waals surface area contributed by atoms with Crippen LogP contribution < -0.4 is 5.32 Å². The van der Waals surface area contributed by atoms with E-state index in [4.69, 9.17) is 0 Å². The molecular weight excluding hydrogens is 256 g/mol. The number of aromatic amines is 1. The Bertz CT molecular complexity index is 712. The summed E-state index contributed by atoms with van der Waals surface area (Å²) in [5, 5.41) is 4.85. The summed E-state index contributed by atoms with van der Waals surface area (Å²) in [7, 11) is 0. The van der Waals surface area contributed by atoms with E-state index in [1.54, 1.807) is 0 Å². The van der Waals surface area contributed by atoms with Crippen molar-refractivity contribution in [1.29, 1.82) is 0 Å². The van der Waals surface area contributed by atoms with E-state index in [0.29, 0.717) is 0 Å². The molecule has 0 aliphatic rings. The van der Waals surface area contributed by atoms with Gasteiger partial charge in [-0.15, -0.1) is 0 Å². The molecule has 0 atom stereocenters. The molecule has 3 rings (SSSR count). The normalized spacial score (nSPS) is 11.1. The van der Waals surface area contributed by atoms with Gasteiger partial charge in [0.15, 0.2) is 0 Å². The Morgan fingerprint density at radius 3 is 2.71 bits per heavy atom. The van der Waals surface area contributed by atoms with E-state index >= 15 is 0 Å². The third-order valence-electron chi connectivity index (χ3n) is 4.02. The standard InChI is InChI=1S/C19H22N2/c1-2-16-5-3-4-6-18(16)14-20-11-9-15-7-8-19-17(13-15)10-12-21-19/h3-8,10,12-13,20-21H,2,9,11,14H2,1H3. The van der Waals surface area contributed by atoms with Crippen molar-refractivity contribution in [1.82, 2.24) is 10.3 Å². The molecule has 108 valence electrons. The van der Waals surface area contributed by atoms with Crippen LogP contribution in [-0.2, 0) is 19.4 Å². The summed E-state index contributed by atoms with van der Waals surface area (Å²) in [4.78, 5) is 3.23. The van der Waals surface area contributed by atoms with Crippen molar-refractivity contribution in [2.24, 2.45) is 0 Å². The van der Waals surface area contributed by atoms with Crippen LogP contribution >= 0.6 is 0 Å². The highest BCUT2D eigenvalue weighted by Gasteiger charge is 2.00. The summed E-state index contributed by atoms with van der Waals surface area (Å²) < 4.78 is 0. The van der Waals surface area contributed by atoms with Crippen molar-refractivity contribution in [3.8, 4) is 0 Å². The van der Waals surface area contributed by atoms with Crippen LogP contribution in [-0.4, -0.2) is 11.5 Å². The molecule has 0 radical (unpaired) electrons. The zero-order valence-electron chi connectivity index (χ0n) is 12.5. The van der Waals surface area contributed by atoms with Gasteiger partial charge in [0.05, 0.1) is 0 Å². The molecule has 2 heteroatoms. The van der Waals surface area contributed by atoms with Crippen molar-refractivity contribution in [3.63, 3.8) is 0 Å². The minimum atomic E-state index is 0.955. The average Bonchev–Trinajstić information content (AvgIpc) is 2.99. The molecule has 2 aromatic carbocycles. The number of aromatic nitrogens is 1. The van der Waals surface area contributed by atoms with Gasteiger partial charge in [0.1, 0.15) is 0 Å². The quantitative estimate of drug-likeness (QED) is 0.654. The second-order valence-corrected chi connectivity index (χ2v) is 5.45. The Morgan fingerprint density at radius 1 is 1.00 bits per heavy atom. The number of nitrogens with one attached hydrogen (secondary N) is 2. The lowest BCUT2D eigenvalue weighted by atomic mass is 10.1. The SMILES string of the molecule is CCc1ccccc1CNCCc1ccc2[nH]ccc2c1. The number of aryl methyl sites for hydroxylation is 1. The molecule has 21 heavy (non-hydrogen) atoms. The molecule has 1 heterocycles. The average molecular weight is 278 g/mol. The maximum absolute atomic E-state index is 3.56. The van der Waals surface area contributed by atoms with E-state index in [9.17, 15) is 0 Å². The van der Waals surface area contributed by atoms with Gasteiger partial charge in [-0.25, -0.2) is 0 Å². The molecule has 2 nitrogen and oxygen atoms in total. The van der Waals surface area contributed by atoms with Crippen LogP contribution in [0.1, 0.15) is 23.6 Å². The lowest BCUT2D eigenvalue weighted by molar-refractivity contribution is 0.683. The van der Waals surface area contributed by atoms with Crippen molar-refractivity contribution in [3.05, 3.63) is 71.4 Å². The predicted molar refractivity (Wildman–Crippen MR) is 89.5 cm³/mol. The molecular formula is C19H22N2. The van der Waals surface area contributed by atoms with Crippen LogP contribution in [0.5, 0.6) is 0 Å². The molecule has 0 bridgehead atoms. The number of H-pyrrole nitrogens is 1. The number of benzene rings is 2. The number of rotatable bonds is 6. The second-order valence-electron chi connectivity index (χ2n) is 5.45. The summed E-state index contributed by atoms with van der Waals surface area (Å²) in [6.45, 7) is 4.18. The first-order valence-electron chi connectivity index (χ1n) is 7.70. The van der Waals surface area contributed by atoms with E-state index < -0.39 is 0 Å². The summed E-state index contributed by atoms with van der Waals surface area (Å²) in [6, 6.07) is 17.5. The molecule has 0 aliphatic heterocycles. The molecule has 0 saturated carbocycles. The minimum absolute atomic E-state index is 0.955. The minimum Gasteiger partial charge on any atom is -0.361 e. The van der Waals surface area contributed by atoms with E-state index in [1.165, 1.54) is 27.6 Å². The van der Waals surface area contributed by atoms with E-state index in [2.05, 4.69) is 65.8 Å². The Labute approximate surface area is 126 Å². The lowest BCUT2D eigenvalue weighted by Crippen LogP contribution is -2.17. The topological polar surface area (TPSA) is 27.8 Å². The van der Waals surface area contributed by atoms with E-state index in [-0.39, 0.29) is 0 Å². The summed E-state index contributed by atoms with van der Waals surface area (Å²) >= 11 is 0. The lowest BCUT2D eigenvalue weighted by Gasteiger charge is -2.09. The number of hydrogen-bond acceptors (Lipinski definition) is 1. The van der Waals surface area contributed by atoms with Crippen LogP contribution in [0.2, 0.25) is 0 Å². The van der Waals surface area contributed by atoms with E-state index in [0.717, 1.165) is 25.9 Å². The van der Waals surface area contributed by atoms with Crippen LogP contribution in [0.15, 0.2) is 54.7 Å². The first-order valence-corrected chi connectivity index (χ1v) is 7.70. The smallest absolute Gasteiger partial charge is 0.0454 e. The summed E-state index contributed by atoms with van der Waals surface area (Å²) in [5.74, 6) is 0. The van der Waals surface area contributed by atoms with Gasteiger partial charge in [-0.05, 0) is 59.7 Å². The van der Waals surface area contributed by atoms with Gasteiger partial charge in [-0.3, -0.25) is 0 Å². The first kappa shape index (κ1) is 13.9. The third kappa shape index (κ3) is 3.34. The third-order valence-corrected chi connectivity index (χ3v) is 4.02. The molecule has 0 spiro atoms. The van der Waals surface area contributed by atoms with Gasteiger partial charge in [0.25, 0.3) is 0 Å². The molecule has 0 unspecified atom stereocenters. The first-order chi connectivity index (χ1) is 10.4. The highest BCUT2D eigenvalue weighted by atomic mass is 14.8. The largest absolute Gasteiger partial charge is 0.361 e. The molecule has 0 fully saturated rings. The predicted octanol–water partition coefficient (Wildman–Crippen LogP) is 4.06. The van der Waals surface area contributed by atoms with E-state index in [1.807, 2.05) is 6.20 Å². The van der Waals surface area contributed by atoms with Crippen LogP contribution in [0, 0.1) is 0 Å². The maximum Gasteiger partial charge on any atom is 0.0454 e. The second kappa shape index (κ2) is 6.59. The molecule has 2 N–H and O–H groups in total. The summed E-state index contributed by atoms with van der Waals surface area (Å²) in [6.07, 6.45) is 4.16. The van der Waals surface area contributed by atoms with Gasteiger partial charge < -0.3 is 10.3 Å². The van der Waals surface area contributed by atoms with Gasteiger partial charge in [-0.2, -0.15) is 0 Å². The van der Waals surface area contributed by atoms with Gasteiger partial charge in [0.2, 0.25) is 0 Å². The van der Waals surface area contributed by atoms with Crippen LogP contribution in [0.3, 0.4) is 0 Å². The molecule has 0 amide bonds. The number of fused-ring (bicyclic) bond motifs is 1. The fourth-order valence-electron chi connectivity index (χ4n) is 2.79. The number of hydrogen-bond donors (Lipinski definition) is 2. The highest BCUT2D eigenvalue weighted by molar-refractivity contribution is 5.79. The zero-order valence-corrected chi connectivity index (χ0v) is 12.5. The van der Waals surface area contributed by atoms with Crippen molar-refractivity contribution in [2.75, 3.05) is 6.54 Å². The van der Waals surface area contributed by atoms with Crippen LogP contribution in [0.25, 0.3) is 10.9 Å². The van der Waals surface area contributed by atoms with Crippen molar-refractivity contribution >= 4 is 10.9 Å². The zero-order chi connectivity index (χ0) is 14.5. The molecule has 0 saturated heterocycles. The Hall–Kier alpha value is -2.06. The van der Waals surface area contributed by atoms with Gasteiger partial charge in [0, 0.05) is 18.3 Å². The van der Waals surface area contributed by atoms with Crippen molar-refractivity contribution in [2.45, 2.75) is 26.3 Å². The Balaban J connectivity index is 1.54. The fourth-order valence-corrected chi connectivity index (χ4v) is 2.79. The molecule has 3 aromatic rings. The fraction of sp³-hybridized carbons (Fsp3) is 0.263. The maximum atomic E-state index is 3.56. The molecule has 0 aliphatic carbocycles. The van der Waals surface area contributed by atoms with Crippen molar-refractivity contribution < 1.29 is 0 Å².